The van der Waals surface area contributed by atoms with Crippen LogP contribution in [-0.2, 0) is 11.2 Å². The summed E-state index contributed by atoms with van der Waals surface area (Å²) in [4.78, 5) is 11.8. The van der Waals surface area contributed by atoms with Gasteiger partial charge in [0.15, 0.2) is 0 Å². The van der Waals surface area contributed by atoms with Crippen LogP contribution < -0.4 is 5.32 Å². The first-order valence-corrected chi connectivity index (χ1v) is 7.13. The SMILES string of the molecule is CC(C)(Cc1ccccc1Br)NC(=O)OC(C)(C)C. The average Bonchev–Trinajstić information content (AvgIpc) is 2.17. The highest BCUT2D eigenvalue weighted by Crippen LogP contribution is 2.21. The van der Waals surface area contributed by atoms with Gasteiger partial charge in [0.1, 0.15) is 5.60 Å². The van der Waals surface area contributed by atoms with E-state index >= 15 is 0 Å². The fourth-order valence-corrected chi connectivity index (χ4v) is 2.17. The first-order valence-electron chi connectivity index (χ1n) is 6.34. The molecule has 0 radical (unpaired) electrons. The Morgan fingerprint density at radius 1 is 1.21 bits per heavy atom. The first kappa shape index (κ1) is 16.0. The molecule has 0 aliphatic carbocycles. The van der Waals surface area contributed by atoms with Crippen molar-refractivity contribution < 1.29 is 9.53 Å². The second kappa shape index (κ2) is 5.95. The topological polar surface area (TPSA) is 38.3 Å². The van der Waals surface area contributed by atoms with E-state index < -0.39 is 5.60 Å². The predicted octanol–water partition coefficient (Wildman–Crippen LogP) is 4.29. The lowest BCUT2D eigenvalue weighted by atomic mass is 9.95. The molecule has 0 fully saturated rings. The average molecular weight is 328 g/mol. The van der Waals surface area contributed by atoms with Crippen molar-refractivity contribution >= 4 is 22.0 Å². The lowest BCUT2D eigenvalue weighted by Gasteiger charge is -2.29. The van der Waals surface area contributed by atoms with Gasteiger partial charge < -0.3 is 10.1 Å². The van der Waals surface area contributed by atoms with E-state index in [2.05, 4.69) is 21.2 Å². The molecule has 0 saturated carbocycles. The van der Waals surface area contributed by atoms with E-state index in [9.17, 15) is 4.79 Å². The minimum Gasteiger partial charge on any atom is -0.444 e. The van der Waals surface area contributed by atoms with Crippen molar-refractivity contribution in [2.24, 2.45) is 0 Å². The summed E-state index contributed by atoms with van der Waals surface area (Å²) in [6.45, 7) is 9.53. The van der Waals surface area contributed by atoms with Gasteiger partial charge in [-0.3, -0.25) is 0 Å². The summed E-state index contributed by atoms with van der Waals surface area (Å²) < 4.78 is 6.33. The van der Waals surface area contributed by atoms with E-state index in [0.717, 1.165) is 16.5 Å². The first-order chi connectivity index (χ1) is 8.59. The highest BCUT2D eigenvalue weighted by Gasteiger charge is 2.25. The van der Waals surface area contributed by atoms with E-state index in [1.54, 1.807) is 0 Å². The summed E-state index contributed by atoms with van der Waals surface area (Å²) in [5.74, 6) is 0. The fourth-order valence-electron chi connectivity index (χ4n) is 1.74. The van der Waals surface area contributed by atoms with Crippen LogP contribution in [-0.4, -0.2) is 17.2 Å². The van der Waals surface area contributed by atoms with Gasteiger partial charge in [0.05, 0.1) is 0 Å². The Hall–Kier alpha value is -1.03. The molecule has 0 bridgehead atoms. The van der Waals surface area contributed by atoms with Crippen molar-refractivity contribution in [3.63, 3.8) is 0 Å². The maximum absolute atomic E-state index is 11.8. The van der Waals surface area contributed by atoms with Gasteiger partial charge in [-0.05, 0) is 52.7 Å². The molecule has 1 amide bonds. The van der Waals surface area contributed by atoms with Gasteiger partial charge in [0, 0.05) is 10.0 Å². The van der Waals surface area contributed by atoms with Crippen molar-refractivity contribution in [2.75, 3.05) is 0 Å². The predicted molar refractivity (Wildman–Crippen MR) is 81.3 cm³/mol. The molecule has 0 spiro atoms. The van der Waals surface area contributed by atoms with E-state index in [0.29, 0.717) is 0 Å². The van der Waals surface area contributed by atoms with Gasteiger partial charge in [0.25, 0.3) is 0 Å². The van der Waals surface area contributed by atoms with E-state index in [4.69, 9.17) is 4.74 Å². The highest BCUT2D eigenvalue weighted by atomic mass is 79.9. The molecule has 3 nitrogen and oxygen atoms in total. The Bertz CT molecular complexity index is 450. The van der Waals surface area contributed by atoms with Crippen LogP contribution in [0.3, 0.4) is 0 Å². The Balaban J connectivity index is 2.67. The molecule has 0 aliphatic rings. The number of ether oxygens (including phenoxy) is 1. The molecule has 0 saturated heterocycles. The number of alkyl carbamates (subject to hydrolysis) is 1. The third kappa shape index (κ3) is 6.10. The minimum atomic E-state index is -0.479. The Labute approximate surface area is 123 Å². The standard InChI is InChI=1S/C15H22BrNO2/c1-14(2,3)19-13(18)17-15(4,5)10-11-8-6-7-9-12(11)16/h6-9H,10H2,1-5H3,(H,17,18). The highest BCUT2D eigenvalue weighted by molar-refractivity contribution is 9.10. The van der Waals surface area contributed by atoms with Crippen LogP contribution in [0.4, 0.5) is 4.79 Å². The molecule has 0 aliphatic heterocycles. The molecule has 0 heterocycles. The summed E-state index contributed by atoms with van der Waals surface area (Å²) >= 11 is 3.52. The van der Waals surface area contributed by atoms with E-state index in [-0.39, 0.29) is 11.6 Å². The summed E-state index contributed by atoms with van der Waals surface area (Å²) in [6.07, 6.45) is 0.345. The van der Waals surface area contributed by atoms with Crippen LogP contribution in [0.15, 0.2) is 28.7 Å². The van der Waals surface area contributed by atoms with Crippen molar-refractivity contribution in [1.29, 1.82) is 0 Å². The number of hydrogen-bond donors (Lipinski definition) is 1. The Morgan fingerprint density at radius 3 is 2.32 bits per heavy atom. The number of halogens is 1. The third-order valence-corrected chi connectivity index (χ3v) is 3.20. The van der Waals surface area contributed by atoms with Gasteiger partial charge in [-0.2, -0.15) is 0 Å². The van der Waals surface area contributed by atoms with E-state index in [1.807, 2.05) is 58.9 Å². The summed E-state index contributed by atoms with van der Waals surface area (Å²) in [5.41, 5.74) is 0.309. The van der Waals surface area contributed by atoms with Crippen molar-refractivity contribution in [1.82, 2.24) is 5.32 Å². The van der Waals surface area contributed by atoms with Crippen LogP contribution in [0.2, 0.25) is 0 Å². The summed E-state index contributed by atoms with van der Waals surface area (Å²) in [7, 11) is 0. The Kier molecular flexibility index (Phi) is 5.02. The molecule has 0 atom stereocenters. The summed E-state index contributed by atoms with van der Waals surface area (Å²) in [6, 6.07) is 8.01. The number of benzene rings is 1. The van der Waals surface area contributed by atoms with Crippen LogP contribution >= 0.6 is 15.9 Å². The monoisotopic (exact) mass is 327 g/mol. The van der Waals surface area contributed by atoms with Gasteiger partial charge in [-0.25, -0.2) is 4.79 Å². The Morgan fingerprint density at radius 2 is 1.79 bits per heavy atom. The zero-order valence-corrected chi connectivity index (χ0v) is 13.8. The van der Waals surface area contributed by atoms with Crippen molar-refractivity contribution in [3.8, 4) is 0 Å². The molecule has 4 heteroatoms. The van der Waals surface area contributed by atoms with Gasteiger partial charge in [-0.15, -0.1) is 0 Å². The second-order valence-corrected chi connectivity index (χ2v) is 7.13. The molecule has 106 valence electrons. The smallest absolute Gasteiger partial charge is 0.408 e. The van der Waals surface area contributed by atoms with Crippen molar-refractivity contribution in [2.45, 2.75) is 52.2 Å². The van der Waals surface area contributed by atoms with Gasteiger partial charge in [0.2, 0.25) is 0 Å². The fraction of sp³-hybridized carbons (Fsp3) is 0.533. The maximum Gasteiger partial charge on any atom is 0.408 e. The second-order valence-electron chi connectivity index (χ2n) is 6.28. The van der Waals surface area contributed by atoms with Gasteiger partial charge in [-0.1, -0.05) is 34.1 Å². The molecule has 0 unspecified atom stereocenters. The number of nitrogens with one attached hydrogen (secondary N) is 1. The van der Waals surface area contributed by atoms with Crippen LogP contribution in [0.25, 0.3) is 0 Å². The lowest BCUT2D eigenvalue weighted by molar-refractivity contribution is 0.0472. The third-order valence-electron chi connectivity index (χ3n) is 2.43. The van der Waals surface area contributed by atoms with Gasteiger partial charge >= 0.3 is 6.09 Å². The molecule has 1 rings (SSSR count). The number of rotatable bonds is 3. The molecule has 1 aromatic carbocycles. The molecular weight excluding hydrogens is 306 g/mol. The van der Waals surface area contributed by atoms with Crippen LogP contribution in [0, 0.1) is 0 Å². The number of carbonyl (C=O) groups is 1. The van der Waals surface area contributed by atoms with E-state index in [1.165, 1.54) is 0 Å². The maximum atomic E-state index is 11.8. The zero-order valence-electron chi connectivity index (χ0n) is 12.2. The minimum absolute atomic E-state index is 0.369. The quantitative estimate of drug-likeness (QED) is 0.899. The molecule has 19 heavy (non-hydrogen) atoms. The molecular formula is C15H22BrNO2. The normalized spacial score (nSPS) is 12.1. The number of amides is 1. The number of hydrogen-bond acceptors (Lipinski definition) is 2. The summed E-state index contributed by atoms with van der Waals surface area (Å²) in [5, 5.41) is 2.91. The molecule has 1 N–H and O–H groups in total. The zero-order chi connectivity index (χ0) is 14.7. The van der Waals surface area contributed by atoms with Crippen molar-refractivity contribution in [3.05, 3.63) is 34.3 Å². The molecule has 1 aromatic rings. The number of carbonyl (C=O) groups excluding carboxylic acids is 1. The lowest BCUT2D eigenvalue weighted by Crippen LogP contribution is -2.47. The van der Waals surface area contributed by atoms with Crippen LogP contribution in [0.5, 0.6) is 0 Å². The molecule has 0 aromatic heterocycles. The van der Waals surface area contributed by atoms with Crippen LogP contribution in [0.1, 0.15) is 40.2 Å². The largest absolute Gasteiger partial charge is 0.444 e.